The van der Waals surface area contributed by atoms with E-state index in [4.69, 9.17) is 11.6 Å². The van der Waals surface area contributed by atoms with Crippen LogP contribution < -0.4 is 5.32 Å². The van der Waals surface area contributed by atoms with E-state index in [0.29, 0.717) is 12.3 Å². The van der Waals surface area contributed by atoms with Gasteiger partial charge in [0.05, 0.1) is 10.6 Å². The molecule has 0 aliphatic carbocycles. The maximum atomic E-state index is 13.1. The van der Waals surface area contributed by atoms with Gasteiger partial charge in [0.2, 0.25) is 0 Å². The molecule has 2 nitrogen and oxygen atoms in total. The van der Waals surface area contributed by atoms with E-state index in [9.17, 15) is 13.6 Å². The zero-order chi connectivity index (χ0) is 16.1. The first-order valence-corrected chi connectivity index (χ1v) is 7.96. The molecular formula is C16H14ClF2NOS. The molecule has 1 N–H and O–H groups in total. The number of carbonyl (C=O) groups is 1. The van der Waals surface area contributed by atoms with Crippen LogP contribution in [0, 0.1) is 18.6 Å². The highest BCUT2D eigenvalue weighted by Gasteiger charge is 2.14. The number of aryl methyl sites for hydroxylation is 1. The topological polar surface area (TPSA) is 29.1 Å². The summed E-state index contributed by atoms with van der Waals surface area (Å²) in [6.45, 7) is 2.41. The fraction of sp³-hybridized carbons (Fsp3) is 0.188. The van der Waals surface area contributed by atoms with E-state index in [2.05, 4.69) is 5.32 Å². The van der Waals surface area contributed by atoms with Gasteiger partial charge in [-0.1, -0.05) is 29.3 Å². The molecule has 2 aromatic carbocycles. The minimum absolute atomic E-state index is 0.0686. The van der Waals surface area contributed by atoms with E-state index in [0.717, 1.165) is 17.0 Å². The van der Waals surface area contributed by atoms with Crippen molar-refractivity contribution in [1.29, 1.82) is 0 Å². The van der Waals surface area contributed by atoms with E-state index < -0.39 is 17.5 Å². The lowest BCUT2D eigenvalue weighted by atomic mass is 10.2. The van der Waals surface area contributed by atoms with Crippen LogP contribution >= 0.6 is 23.4 Å². The first-order valence-electron chi connectivity index (χ1n) is 6.59. The average molecular weight is 342 g/mol. The second-order valence-corrected chi connectivity index (χ2v) is 6.24. The largest absolute Gasteiger partial charge is 0.351 e. The summed E-state index contributed by atoms with van der Waals surface area (Å²) in [7, 11) is 0. The minimum Gasteiger partial charge on any atom is -0.351 e. The zero-order valence-electron chi connectivity index (χ0n) is 11.8. The van der Waals surface area contributed by atoms with Crippen molar-refractivity contribution in [3.05, 3.63) is 64.2 Å². The third-order valence-electron chi connectivity index (χ3n) is 2.93. The van der Waals surface area contributed by atoms with Crippen molar-refractivity contribution in [3.63, 3.8) is 0 Å². The van der Waals surface area contributed by atoms with Gasteiger partial charge in [0, 0.05) is 17.2 Å². The number of nitrogens with one attached hydrogen (secondary N) is 1. The second-order valence-electron chi connectivity index (χ2n) is 4.66. The van der Waals surface area contributed by atoms with Gasteiger partial charge in [-0.3, -0.25) is 4.79 Å². The van der Waals surface area contributed by atoms with Crippen LogP contribution in [0.4, 0.5) is 8.78 Å². The Balaban J connectivity index is 1.85. The monoisotopic (exact) mass is 341 g/mol. The number of rotatable bonds is 5. The molecule has 0 aliphatic rings. The normalized spacial score (nSPS) is 10.5. The quantitative estimate of drug-likeness (QED) is 0.494. The SMILES string of the molecule is Cc1ccc(SCCNC(=O)c2cc(F)c(F)cc2Cl)cc1. The first-order chi connectivity index (χ1) is 10.5. The van der Waals surface area contributed by atoms with Gasteiger partial charge in [-0.2, -0.15) is 0 Å². The standard InChI is InChI=1S/C16H14ClF2NOS/c1-10-2-4-11(5-3-10)22-7-6-20-16(21)12-8-14(18)15(19)9-13(12)17/h2-5,8-9H,6-7H2,1H3,(H,20,21). The predicted octanol–water partition coefficient (Wildman–Crippen LogP) is 4.45. The summed E-state index contributed by atoms with van der Waals surface area (Å²) in [5, 5.41) is 2.53. The van der Waals surface area contributed by atoms with E-state index in [-0.39, 0.29) is 10.6 Å². The van der Waals surface area contributed by atoms with Crippen molar-refractivity contribution in [2.24, 2.45) is 0 Å². The molecule has 6 heteroatoms. The van der Waals surface area contributed by atoms with Crippen molar-refractivity contribution >= 4 is 29.3 Å². The van der Waals surface area contributed by atoms with Crippen LogP contribution in [0.15, 0.2) is 41.3 Å². The van der Waals surface area contributed by atoms with Gasteiger partial charge < -0.3 is 5.32 Å². The van der Waals surface area contributed by atoms with Gasteiger partial charge in [-0.05, 0) is 31.2 Å². The predicted molar refractivity (Wildman–Crippen MR) is 85.6 cm³/mol. The molecule has 0 spiro atoms. The molecule has 0 bridgehead atoms. The lowest BCUT2D eigenvalue weighted by Crippen LogP contribution is -2.26. The van der Waals surface area contributed by atoms with Gasteiger partial charge in [0.1, 0.15) is 0 Å². The Morgan fingerprint density at radius 1 is 1.18 bits per heavy atom. The highest BCUT2D eigenvalue weighted by molar-refractivity contribution is 7.99. The summed E-state index contributed by atoms with van der Waals surface area (Å²) in [6, 6.07) is 9.65. The van der Waals surface area contributed by atoms with Crippen LogP contribution in [0.1, 0.15) is 15.9 Å². The van der Waals surface area contributed by atoms with Gasteiger partial charge in [-0.15, -0.1) is 11.8 Å². The number of hydrogen-bond acceptors (Lipinski definition) is 2. The Morgan fingerprint density at radius 2 is 1.82 bits per heavy atom. The lowest BCUT2D eigenvalue weighted by Gasteiger charge is -2.07. The molecule has 0 unspecified atom stereocenters. The number of halogens is 3. The van der Waals surface area contributed by atoms with Crippen LogP contribution in [0.2, 0.25) is 5.02 Å². The Hall–Kier alpha value is -1.59. The molecule has 0 atom stereocenters. The van der Waals surface area contributed by atoms with Crippen molar-refractivity contribution in [2.45, 2.75) is 11.8 Å². The van der Waals surface area contributed by atoms with Crippen molar-refractivity contribution in [2.75, 3.05) is 12.3 Å². The molecule has 0 saturated carbocycles. The maximum absolute atomic E-state index is 13.1. The molecule has 22 heavy (non-hydrogen) atoms. The van der Waals surface area contributed by atoms with Crippen molar-refractivity contribution in [1.82, 2.24) is 5.32 Å². The summed E-state index contributed by atoms with van der Waals surface area (Å²) in [6.07, 6.45) is 0. The number of amides is 1. The highest BCUT2D eigenvalue weighted by atomic mass is 35.5. The number of thioether (sulfide) groups is 1. The molecule has 2 aromatic rings. The lowest BCUT2D eigenvalue weighted by molar-refractivity contribution is 0.0956. The molecule has 0 aromatic heterocycles. The van der Waals surface area contributed by atoms with Gasteiger partial charge in [0.25, 0.3) is 5.91 Å². The smallest absolute Gasteiger partial charge is 0.252 e. The van der Waals surface area contributed by atoms with Crippen LogP contribution in [-0.4, -0.2) is 18.2 Å². The van der Waals surface area contributed by atoms with Crippen LogP contribution in [0.5, 0.6) is 0 Å². The molecule has 0 saturated heterocycles. The minimum atomic E-state index is -1.09. The van der Waals surface area contributed by atoms with E-state index in [1.807, 2.05) is 31.2 Å². The molecule has 116 valence electrons. The van der Waals surface area contributed by atoms with E-state index in [1.165, 1.54) is 5.56 Å². The summed E-state index contributed by atoms with van der Waals surface area (Å²) >= 11 is 7.34. The van der Waals surface area contributed by atoms with E-state index >= 15 is 0 Å². The van der Waals surface area contributed by atoms with Crippen molar-refractivity contribution < 1.29 is 13.6 Å². The molecule has 2 rings (SSSR count). The molecule has 1 amide bonds. The fourth-order valence-corrected chi connectivity index (χ4v) is 2.76. The first kappa shape index (κ1) is 16.8. The van der Waals surface area contributed by atoms with Crippen LogP contribution in [0.3, 0.4) is 0 Å². The fourth-order valence-electron chi connectivity index (χ4n) is 1.76. The summed E-state index contributed by atoms with van der Waals surface area (Å²) in [5.74, 6) is -2.02. The maximum Gasteiger partial charge on any atom is 0.252 e. The van der Waals surface area contributed by atoms with Gasteiger partial charge in [-0.25, -0.2) is 8.78 Å². The molecule has 0 aliphatic heterocycles. The molecule has 0 radical (unpaired) electrons. The van der Waals surface area contributed by atoms with Crippen LogP contribution in [0.25, 0.3) is 0 Å². The number of carbonyl (C=O) groups excluding carboxylic acids is 1. The molecular weight excluding hydrogens is 328 g/mol. The summed E-state index contributed by atoms with van der Waals surface area (Å²) < 4.78 is 26.1. The van der Waals surface area contributed by atoms with Gasteiger partial charge in [0.15, 0.2) is 11.6 Å². The summed E-state index contributed by atoms with van der Waals surface area (Å²) in [5.41, 5.74) is 1.12. The number of benzene rings is 2. The molecule has 0 heterocycles. The number of hydrogen-bond donors (Lipinski definition) is 1. The third-order valence-corrected chi connectivity index (χ3v) is 4.26. The average Bonchev–Trinajstić information content (AvgIpc) is 2.49. The van der Waals surface area contributed by atoms with Crippen molar-refractivity contribution in [3.8, 4) is 0 Å². The Bertz CT molecular complexity index is 677. The zero-order valence-corrected chi connectivity index (χ0v) is 13.4. The third kappa shape index (κ3) is 4.45. The highest BCUT2D eigenvalue weighted by Crippen LogP contribution is 2.20. The molecule has 0 fully saturated rings. The van der Waals surface area contributed by atoms with Crippen LogP contribution in [-0.2, 0) is 0 Å². The van der Waals surface area contributed by atoms with E-state index in [1.54, 1.807) is 11.8 Å². The Labute approximate surface area is 136 Å². The second kappa shape index (κ2) is 7.61. The Morgan fingerprint density at radius 3 is 2.50 bits per heavy atom. The summed E-state index contributed by atoms with van der Waals surface area (Å²) in [4.78, 5) is 13.0. The van der Waals surface area contributed by atoms with Gasteiger partial charge >= 0.3 is 0 Å². The Kier molecular flexibility index (Phi) is 5.80.